The standard InChI is InChI=1S/C11H17F3N2O4/c1-10(8(17)18,11(12,13)14)15-9(19)16-4-3-7(5-16)6-20-2/h7H,3-6H2,1-2H3,(H,15,19)(H,17,18). The maximum absolute atomic E-state index is 12.8. The van der Waals surface area contributed by atoms with Crippen LogP contribution in [0.25, 0.3) is 0 Å². The molecule has 0 aliphatic carbocycles. The molecule has 1 rings (SSSR count). The van der Waals surface area contributed by atoms with Crippen molar-refractivity contribution in [2.24, 2.45) is 5.92 Å². The molecule has 0 aromatic rings. The van der Waals surface area contributed by atoms with Crippen LogP contribution in [0.4, 0.5) is 18.0 Å². The molecular weight excluding hydrogens is 281 g/mol. The van der Waals surface area contributed by atoms with Crippen LogP contribution in [0.3, 0.4) is 0 Å². The molecule has 0 saturated carbocycles. The molecule has 0 radical (unpaired) electrons. The second kappa shape index (κ2) is 5.86. The van der Waals surface area contributed by atoms with Crippen molar-refractivity contribution in [3.05, 3.63) is 0 Å². The van der Waals surface area contributed by atoms with Gasteiger partial charge in [0, 0.05) is 26.1 Å². The van der Waals surface area contributed by atoms with Gasteiger partial charge >= 0.3 is 18.2 Å². The lowest BCUT2D eigenvalue weighted by Gasteiger charge is -2.30. The van der Waals surface area contributed by atoms with Crippen LogP contribution < -0.4 is 5.32 Å². The largest absolute Gasteiger partial charge is 0.479 e. The highest BCUT2D eigenvalue weighted by Gasteiger charge is 2.59. The quantitative estimate of drug-likeness (QED) is 0.813. The highest BCUT2D eigenvalue weighted by atomic mass is 19.4. The lowest BCUT2D eigenvalue weighted by atomic mass is 10.0. The third kappa shape index (κ3) is 3.33. The van der Waals surface area contributed by atoms with Gasteiger partial charge in [0.15, 0.2) is 0 Å². The van der Waals surface area contributed by atoms with Crippen LogP contribution in [0.2, 0.25) is 0 Å². The number of nitrogens with zero attached hydrogens (tertiary/aromatic N) is 1. The number of aliphatic carboxylic acids is 1. The smallest absolute Gasteiger partial charge is 0.422 e. The van der Waals surface area contributed by atoms with Crippen LogP contribution in [0.15, 0.2) is 0 Å². The fourth-order valence-electron chi connectivity index (χ4n) is 1.93. The molecule has 0 aromatic heterocycles. The van der Waals surface area contributed by atoms with E-state index < -0.39 is 23.7 Å². The Labute approximate surface area is 113 Å². The minimum atomic E-state index is -5.08. The fourth-order valence-corrected chi connectivity index (χ4v) is 1.93. The Morgan fingerprint density at radius 1 is 1.45 bits per heavy atom. The van der Waals surface area contributed by atoms with E-state index in [-0.39, 0.29) is 19.0 Å². The topological polar surface area (TPSA) is 78.9 Å². The molecule has 0 bridgehead atoms. The lowest BCUT2D eigenvalue weighted by Crippen LogP contribution is -2.63. The first kappa shape index (κ1) is 16.5. The minimum absolute atomic E-state index is 0.0488. The number of halogens is 3. The summed E-state index contributed by atoms with van der Waals surface area (Å²) in [5.74, 6) is -2.10. The zero-order chi connectivity index (χ0) is 15.6. The summed E-state index contributed by atoms with van der Waals surface area (Å²) in [6, 6.07) is -1.04. The van der Waals surface area contributed by atoms with Gasteiger partial charge in [-0.15, -0.1) is 0 Å². The summed E-state index contributed by atoms with van der Waals surface area (Å²) >= 11 is 0. The molecule has 2 atom stereocenters. The van der Waals surface area contributed by atoms with E-state index in [1.54, 1.807) is 5.32 Å². The second-order valence-electron chi connectivity index (χ2n) is 4.91. The molecule has 1 aliphatic rings. The summed E-state index contributed by atoms with van der Waals surface area (Å²) in [4.78, 5) is 23.7. The Balaban J connectivity index is 2.72. The molecule has 2 N–H and O–H groups in total. The summed E-state index contributed by atoms with van der Waals surface area (Å²) in [7, 11) is 1.49. The fraction of sp³-hybridized carbons (Fsp3) is 0.818. The number of carbonyl (C=O) groups is 2. The van der Waals surface area contributed by atoms with E-state index in [1.807, 2.05) is 0 Å². The highest BCUT2D eigenvalue weighted by molar-refractivity contribution is 5.86. The average molecular weight is 298 g/mol. The van der Waals surface area contributed by atoms with Gasteiger partial charge in [-0.05, 0) is 13.3 Å². The average Bonchev–Trinajstić information content (AvgIpc) is 2.76. The van der Waals surface area contributed by atoms with E-state index in [2.05, 4.69) is 0 Å². The number of rotatable bonds is 4. The molecule has 2 unspecified atom stereocenters. The molecule has 20 heavy (non-hydrogen) atoms. The molecule has 9 heteroatoms. The van der Waals surface area contributed by atoms with Gasteiger partial charge in [-0.3, -0.25) is 0 Å². The third-order valence-electron chi connectivity index (χ3n) is 3.33. The second-order valence-corrected chi connectivity index (χ2v) is 4.91. The van der Waals surface area contributed by atoms with E-state index in [1.165, 1.54) is 7.11 Å². The number of ether oxygens (including phenoxy) is 1. The molecule has 1 fully saturated rings. The van der Waals surface area contributed by atoms with Crippen LogP contribution in [-0.4, -0.2) is 60.5 Å². The Kier molecular flexibility index (Phi) is 4.85. The molecule has 1 saturated heterocycles. The molecule has 1 heterocycles. The van der Waals surface area contributed by atoms with Crippen molar-refractivity contribution in [2.75, 3.05) is 26.8 Å². The zero-order valence-electron chi connectivity index (χ0n) is 11.2. The summed E-state index contributed by atoms with van der Waals surface area (Å²) in [6.07, 6.45) is -4.47. The number of hydrogen-bond acceptors (Lipinski definition) is 3. The molecule has 1 aliphatic heterocycles. The maximum atomic E-state index is 12.8. The van der Waals surface area contributed by atoms with E-state index in [4.69, 9.17) is 9.84 Å². The van der Waals surface area contributed by atoms with Crippen LogP contribution in [0.1, 0.15) is 13.3 Å². The summed E-state index contributed by atoms with van der Waals surface area (Å²) < 4.78 is 43.2. The van der Waals surface area contributed by atoms with Gasteiger partial charge in [-0.2, -0.15) is 13.2 Å². The molecule has 0 spiro atoms. The van der Waals surface area contributed by atoms with Crippen molar-refractivity contribution in [3.8, 4) is 0 Å². The number of urea groups is 1. The molecule has 0 aromatic carbocycles. The maximum Gasteiger partial charge on any atom is 0.422 e. The number of likely N-dealkylation sites (tertiary alicyclic amines) is 1. The monoisotopic (exact) mass is 298 g/mol. The summed E-state index contributed by atoms with van der Waals surface area (Å²) in [5, 5.41) is 10.3. The predicted octanol–water partition coefficient (Wildman–Crippen LogP) is 1.07. The predicted molar refractivity (Wildman–Crippen MR) is 62.2 cm³/mol. The van der Waals surface area contributed by atoms with E-state index >= 15 is 0 Å². The Morgan fingerprint density at radius 2 is 2.05 bits per heavy atom. The van der Waals surface area contributed by atoms with Crippen LogP contribution in [0, 0.1) is 5.92 Å². The third-order valence-corrected chi connectivity index (χ3v) is 3.33. The lowest BCUT2D eigenvalue weighted by molar-refractivity contribution is -0.203. The van der Waals surface area contributed by atoms with Gasteiger partial charge in [0.25, 0.3) is 0 Å². The molecule has 2 amide bonds. The number of hydrogen-bond donors (Lipinski definition) is 2. The molecule has 116 valence electrons. The van der Waals surface area contributed by atoms with E-state index in [9.17, 15) is 22.8 Å². The number of alkyl halides is 3. The Hall–Kier alpha value is -1.51. The van der Waals surface area contributed by atoms with Crippen molar-refractivity contribution in [3.63, 3.8) is 0 Å². The number of nitrogens with one attached hydrogen (secondary N) is 1. The number of carbonyl (C=O) groups excluding carboxylic acids is 1. The van der Waals surface area contributed by atoms with Gasteiger partial charge in [0.1, 0.15) is 0 Å². The first-order valence-corrected chi connectivity index (χ1v) is 5.98. The Bertz CT molecular complexity index is 388. The van der Waals surface area contributed by atoms with E-state index in [0.29, 0.717) is 20.0 Å². The molecule has 6 nitrogen and oxygen atoms in total. The SMILES string of the molecule is COCC1CCN(C(=O)NC(C)(C(=O)O)C(F)(F)F)C1. The Morgan fingerprint density at radius 3 is 2.50 bits per heavy atom. The van der Waals surface area contributed by atoms with Crippen LogP contribution >= 0.6 is 0 Å². The minimum Gasteiger partial charge on any atom is -0.479 e. The van der Waals surface area contributed by atoms with Gasteiger partial charge < -0.3 is 20.1 Å². The first-order valence-electron chi connectivity index (χ1n) is 5.98. The number of amides is 2. The number of carboxylic acids is 1. The van der Waals surface area contributed by atoms with Crippen molar-refractivity contribution >= 4 is 12.0 Å². The zero-order valence-corrected chi connectivity index (χ0v) is 11.2. The number of methoxy groups -OCH3 is 1. The van der Waals surface area contributed by atoms with Crippen LogP contribution in [0.5, 0.6) is 0 Å². The van der Waals surface area contributed by atoms with Crippen LogP contribution in [-0.2, 0) is 9.53 Å². The van der Waals surface area contributed by atoms with Gasteiger partial charge in [-0.25, -0.2) is 9.59 Å². The summed E-state index contributed by atoms with van der Waals surface area (Å²) in [5.41, 5.74) is -3.30. The van der Waals surface area contributed by atoms with Crippen molar-refractivity contribution in [1.29, 1.82) is 0 Å². The van der Waals surface area contributed by atoms with E-state index in [0.717, 1.165) is 4.90 Å². The highest BCUT2D eigenvalue weighted by Crippen LogP contribution is 2.31. The number of carboxylic acid groups (broad SMARTS) is 1. The first-order chi connectivity index (χ1) is 9.11. The van der Waals surface area contributed by atoms with Crippen molar-refractivity contribution < 1.29 is 32.6 Å². The summed E-state index contributed by atoms with van der Waals surface area (Å²) in [6.45, 7) is 1.34. The van der Waals surface area contributed by atoms with Crippen molar-refractivity contribution in [2.45, 2.75) is 25.1 Å². The van der Waals surface area contributed by atoms with Gasteiger partial charge in [-0.1, -0.05) is 0 Å². The van der Waals surface area contributed by atoms with Crippen molar-refractivity contribution in [1.82, 2.24) is 10.2 Å². The van der Waals surface area contributed by atoms with Gasteiger partial charge in [0.2, 0.25) is 5.54 Å². The molecular formula is C11H17F3N2O4. The normalized spacial score (nSPS) is 22.4. The van der Waals surface area contributed by atoms with Gasteiger partial charge in [0.05, 0.1) is 6.61 Å².